The Labute approximate surface area is 114 Å². The van der Waals surface area contributed by atoms with E-state index in [0.717, 1.165) is 16.3 Å². The van der Waals surface area contributed by atoms with Crippen LogP contribution in [0.3, 0.4) is 0 Å². The van der Waals surface area contributed by atoms with Gasteiger partial charge in [0.1, 0.15) is 0 Å². The summed E-state index contributed by atoms with van der Waals surface area (Å²) in [7, 11) is 0. The highest BCUT2D eigenvalue weighted by Crippen LogP contribution is 2.15. The maximum atomic E-state index is 11.9. The van der Waals surface area contributed by atoms with Crippen LogP contribution in [0.2, 0.25) is 0 Å². The van der Waals surface area contributed by atoms with E-state index < -0.39 is 0 Å². The van der Waals surface area contributed by atoms with Crippen LogP contribution >= 0.6 is 11.3 Å². The van der Waals surface area contributed by atoms with E-state index in [1.165, 1.54) is 11.3 Å². The third-order valence-electron chi connectivity index (χ3n) is 2.66. The molecule has 19 heavy (non-hydrogen) atoms. The quantitative estimate of drug-likeness (QED) is 0.541. The lowest BCUT2D eigenvalue weighted by Gasteiger charge is -1.97. The van der Waals surface area contributed by atoms with E-state index in [9.17, 15) is 4.79 Å². The van der Waals surface area contributed by atoms with Gasteiger partial charge in [0.25, 0.3) is 6.33 Å². The standard InChI is InChI=1S/C14H11N2O2S/c17-12(14-4-2-8-19-14)9-16-6-5-11(15-10-16)13-3-1-7-18-13/h1-8,10H,9H2/q+1. The summed E-state index contributed by atoms with van der Waals surface area (Å²) < 4.78 is 7.02. The van der Waals surface area contributed by atoms with Crippen LogP contribution in [-0.4, -0.2) is 10.8 Å². The molecule has 3 aromatic heterocycles. The van der Waals surface area contributed by atoms with Gasteiger partial charge >= 0.3 is 0 Å². The van der Waals surface area contributed by atoms with Crippen molar-refractivity contribution in [2.24, 2.45) is 0 Å². The van der Waals surface area contributed by atoms with Gasteiger partial charge in [-0.1, -0.05) is 6.07 Å². The SMILES string of the molecule is O=C(C[n+]1ccc(-c2ccco2)nc1)c1cccs1. The fourth-order valence-electron chi connectivity index (χ4n) is 1.73. The maximum Gasteiger partial charge on any atom is 0.287 e. The number of carbonyl (C=O) groups is 1. The Morgan fingerprint density at radius 2 is 2.26 bits per heavy atom. The molecule has 3 aromatic rings. The molecule has 0 atom stereocenters. The lowest BCUT2D eigenvalue weighted by atomic mass is 10.3. The molecule has 0 aliphatic rings. The van der Waals surface area contributed by atoms with Crippen LogP contribution in [-0.2, 0) is 6.54 Å². The van der Waals surface area contributed by atoms with Crippen molar-refractivity contribution in [2.45, 2.75) is 6.54 Å². The molecule has 0 saturated carbocycles. The highest BCUT2D eigenvalue weighted by Gasteiger charge is 2.13. The second-order valence-corrected chi connectivity index (χ2v) is 4.94. The number of aromatic nitrogens is 2. The minimum absolute atomic E-state index is 0.0903. The minimum atomic E-state index is 0.0903. The van der Waals surface area contributed by atoms with Crippen LogP contribution in [0.4, 0.5) is 0 Å². The Hall–Kier alpha value is -2.27. The van der Waals surface area contributed by atoms with Crippen molar-refractivity contribution >= 4 is 17.1 Å². The van der Waals surface area contributed by atoms with Crippen LogP contribution in [0, 0.1) is 0 Å². The average Bonchev–Trinajstić information content (AvgIpc) is 3.13. The number of thiophene rings is 1. The highest BCUT2D eigenvalue weighted by molar-refractivity contribution is 7.12. The van der Waals surface area contributed by atoms with E-state index in [1.54, 1.807) is 17.2 Å². The smallest absolute Gasteiger partial charge is 0.287 e. The number of carbonyl (C=O) groups excluding carboxylic acids is 1. The third kappa shape index (κ3) is 2.61. The molecular formula is C14H11N2O2S+. The number of ketones is 1. The van der Waals surface area contributed by atoms with Gasteiger partial charge in [0.15, 0.2) is 12.3 Å². The van der Waals surface area contributed by atoms with E-state index in [1.807, 2.05) is 41.9 Å². The number of hydrogen-bond donors (Lipinski definition) is 0. The first-order valence-corrected chi connectivity index (χ1v) is 6.66. The van der Waals surface area contributed by atoms with Crippen molar-refractivity contribution in [1.82, 2.24) is 4.98 Å². The second kappa shape index (κ2) is 5.16. The van der Waals surface area contributed by atoms with Crippen molar-refractivity contribution in [1.29, 1.82) is 0 Å². The van der Waals surface area contributed by atoms with Gasteiger partial charge < -0.3 is 4.42 Å². The third-order valence-corrected chi connectivity index (χ3v) is 3.58. The molecule has 0 amide bonds. The van der Waals surface area contributed by atoms with E-state index >= 15 is 0 Å². The number of nitrogens with zero attached hydrogens (tertiary/aromatic N) is 2. The zero-order chi connectivity index (χ0) is 13.1. The number of Topliss-reactive ketones (excluding diaryl/α,β-unsaturated/α-hetero) is 1. The first kappa shape index (κ1) is 11.8. The molecule has 0 aliphatic heterocycles. The number of hydrogen-bond acceptors (Lipinski definition) is 4. The fraction of sp³-hybridized carbons (Fsp3) is 0.0714. The molecule has 0 saturated heterocycles. The fourth-order valence-corrected chi connectivity index (χ4v) is 2.39. The second-order valence-electron chi connectivity index (χ2n) is 4.00. The first-order valence-electron chi connectivity index (χ1n) is 5.78. The Bertz CT molecular complexity index is 658. The van der Waals surface area contributed by atoms with Crippen LogP contribution in [0.1, 0.15) is 9.67 Å². The minimum Gasteiger partial charge on any atom is -0.460 e. The molecule has 0 bridgehead atoms. The zero-order valence-electron chi connectivity index (χ0n) is 10.0. The van der Waals surface area contributed by atoms with E-state index in [2.05, 4.69) is 4.98 Å². The Morgan fingerprint density at radius 1 is 1.32 bits per heavy atom. The van der Waals surface area contributed by atoms with Gasteiger partial charge in [-0.05, 0) is 28.6 Å². The topological polar surface area (TPSA) is 47.0 Å². The highest BCUT2D eigenvalue weighted by atomic mass is 32.1. The van der Waals surface area contributed by atoms with Crippen molar-refractivity contribution in [3.05, 3.63) is 59.4 Å². The lowest BCUT2D eigenvalue weighted by molar-refractivity contribution is -0.686. The van der Waals surface area contributed by atoms with Crippen molar-refractivity contribution in [2.75, 3.05) is 0 Å². The predicted octanol–water partition coefficient (Wildman–Crippen LogP) is 2.57. The first-order chi connectivity index (χ1) is 9.33. The van der Waals surface area contributed by atoms with E-state index in [4.69, 9.17) is 4.42 Å². The van der Waals surface area contributed by atoms with E-state index in [0.29, 0.717) is 6.54 Å². The summed E-state index contributed by atoms with van der Waals surface area (Å²) in [6.45, 7) is 0.298. The molecule has 0 fully saturated rings. The van der Waals surface area contributed by atoms with E-state index in [-0.39, 0.29) is 5.78 Å². The van der Waals surface area contributed by atoms with Crippen LogP contribution in [0.15, 0.2) is 58.9 Å². The van der Waals surface area contributed by atoms with Crippen LogP contribution in [0.5, 0.6) is 0 Å². The Balaban J connectivity index is 1.75. The molecule has 0 unspecified atom stereocenters. The Morgan fingerprint density at radius 3 is 2.89 bits per heavy atom. The van der Waals surface area contributed by atoms with Crippen LogP contribution in [0.25, 0.3) is 11.5 Å². The predicted molar refractivity (Wildman–Crippen MR) is 70.8 cm³/mol. The van der Waals surface area contributed by atoms with Gasteiger partial charge in [0.2, 0.25) is 11.5 Å². The summed E-state index contributed by atoms with van der Waals surface area (Å²) in [6, 6.07) is 9.21. The molecule has 0 aliphatic carbocycles. The van der Waals surface area contributed by atoms with Gasteiger partial charge in [0, 0.05) is 6.07 Å². The van der Waals surface area contributed by atoms with Gasteiger partial charge in [-0.2, -0.15) is 0 Å². The van der Waals surface area contributed by atoms with Crippen LogP contribution < -0.4 is 4.57 Å². The molecule has 0 aromatic carbocycles. The molecule has 0 radical (unpaired) electrons. The summed E-state index contributed by atoms with van der Waals surface area (Å²) in [5.41, 5.74) is 0.754. The molecule has 4 nitrogen and oxygen atoms in total. The summed E-state index contributed by atoms with van der Waals surface area (Å²) in [6.07, 6.45) is 5.08. The lowest BCUT2D eigenvalue weighted by Crippen LogP contribution is -2.37. The molecule has 3 rings (SSSR count). The summed E-state index contributed by atoms with van der Waals surface area (Å²) in [5, 5.41) is 1.90. The molecule has 5 heteroatoms. The molecule has 3 heterocycles. The van der Waals surface area contributed by atoms with Gasteiger partial charge in [-0.15, -0.1) is 11.3 Å². The molecular weight excluding hydrogens is 260 g/mol. The Kier molecular flexibility index (Phi) is 3.20. The normalized spacial score (nSPS) is 10.5. The number of furan rings is 1. The van der Waals surface area contributed by atoms with Crippen molar-refractivity contribution in [3.63, 3.8) is 0 Å². The maximum absolute atomic E-state index is 11.9. The summed E-state index contributed by atoms with van der Waals surface area (Å²) in [4.78, 5) is 17.0. The summed E-state index contributed by atoms with van der Waals surface area (Å²) >= 11 is 1.45. The molecule has 94 valence electrons. The van der Waals surface area contributed by atoms with Crippen molar-refractivity contribution < 1.29 is 13.8 Å². The largest absolute Gasteiger partial charge is 0.460 e. The summed E-state index contributed by atoms with van der Waals surface area (Å²) in [5.74, 6) is 0.810. The monoisotopic (exact) mass is 271 g/mol. The van der Waals surface area contributed by atoms with Gasteiger partial charge in [-0.25, -0.2) is 4.57 Å². The van der Waals surface area contributed by atoms with Gasteiger partial charge in [0.05, 0.1) is 17.3 Å². The average molecular weight is 271 g/mol. The van der Waals surface area contributed by atoms with Crippen molar-refractivity contribution in [3.8, 4) is 11.5 Å². The van der Waals surface area contributed by atoms with Gasteiger partial charge in [-0.3, -0.25) is 4.79 Å². The molecule has 0 N–H and O–H groups in total. The zero-order valence-corrected chi connectivity index (χ0v) is 10.8. The molecule has 0 spiro atoms. The number of rotatable bonds is 4.